The highest BCUT2D eigenvalue weighted by Gasteiger charge is 2.06. The van der Waals surface area contributed by atoms with Gasteiger partial charge in [-0.2, -0.15) is 0 Å². The lowest BCUT2D eigenvalue weighted by Gasteiger charge is -2.07. The normalized spacial score (nSPS) is 10.8. The lowest BCUT2D eigenvalue weighted by atomic mass is 10.1. The molecule has 3 aromatic rings. The Labute approximate surface area is 133 Å². The fraction of sp³-hybridized carbons (Fsp3) is 0.167. The summed E-state index contributed by atoms with van der Waals surface area (Å²) >= 11 is 0. The molecule has 0 saturated heterocycles. The number of rotatable bonds is 7. The molecule has 0 unspecified atom stereocenters. The zero-order valence-corrected chi connectivity index (χ0v) is 12.6. The zero-order chi connectivity index (χ0) is 16.1. The summed E-state index contributed by atoms with van der Waals surface area (Å²) in [5.74, 6) is -0.0721. The van der Waals surface area contributed by atoms with Crippen molar-refractivity contribution in [2.24, 2.45) is 0 Å². The number of aromatic amines is 1. The Morgan fingerprint density at radius 2 is 2.00 bits per heavy atom. The molecule has 3 N–H and O–H groups in total. The average molecular weight is 310 g/mol. The van der Waals surface area contributed by atoms with Crippen LogP contribution in [0.3, 0.4) is 0 Å². The van der Waals surface area contributed by atoms with Crippen LogP contribution in [-0.4, -0.2) is 22.6 Å². The maximum atomic E-state index is 10.6. The summed E-state index contributed by atoms with van der Waals surface area (Å²) in [6.07, 6.45) is 1.89. The van der Waals surface area contributed by atoms with Crippen LogP contribution in [0.4, 0.5) is 0 Å². The standard InChI is InChI=1S/C18H18N2O3/c21-18(22)11-19-9-14-10-20-17-7-6-15(8-16(14)17)23-12-13-4-2-1-3-5-13/h1-8,10,19-20H,9,11-12H2,(H,21,22). The van der Waals surface area contributed by atoms with Gasteiger partial charge in [-0.1, -0.05) is 30.3 Å². The quantitative estimate of drug-likeness (QED) is 0.627. The first-order chi connectivity index (χ1) is 11.2. The molecule has 3 rings (SSSR count). The van der Waals surface area contributed by atoms with Gasteiger partial charge in [0.1, 0.15) is 12.4 Å². The molecule has 0 fully saturated rings. The van der Waals surface area contributed by atoms with Crippen molar-refractivity contribution in [3.63, 3.8) is 0 Å². The van der Waals surface area contributed by atoms with Gasteiger partial charge in [-0.3, -0.25) is 4.79 Å². The van der Waals surface area contributed by atoms with Crippen molar-refractivity contribution in [3.8, 4) is 5.75 Å². The number of carbonyl (C=O) groups is 1. The molecule has 5 heteroatoms. The summed E-state index contributed by atoms with van der Waals surface area (Å²) in [6.45, 7) is 0.953. The van der Waals surface area contributed by atoms with Crippen molar-refractivity contribution in [2.45, 2.75) is 13.2 Å². The van der Waals surface area contributed by atoms with E-state index in [0.717, 1.165) is 27.8 Å². The molecule has 0 amide bonds. The Morgan fingerprint density at radius 1 is 1.17 bits per heavy atom. The van der Waals surface area contributed by atoms with Gasteiger partial charge in [0, 0.05) is 23.6 Å². The van der Waals surface area contributed by atoms with Crippen molar-refractivity contribution in [1.82, 2.24) is 10.3 Å². The number of nitrogens with one attached hydrogen (secondary N) is 2. The molecule has 0 radical (unpaired) electrons. The van der Waals surface area contributed by atoms with E-state index in [2.05, 4.69) is 10.3 Å². The van der Waals surface area contributed by atoms with Crippen molar-refractivity contribution in [3.05, 3.63) is 65.9 Å². The fourth-order valence-electron chi connectivity index (χ4n) is 2.44. The summed E-state index contributed by atoms with van der Waals surface area (Å²) in [4.78, 5) is 13.8. The molecule has 0 spiro atoms. The Morgan fingerprint density at radius 3 is 2.78 bits per heavy atom. The minimum absolute atomic E-state index is 0.0587. The monoisotopic (exact) mass is 310 g/mol. The third-order valence-electron chi connectivity index (χ3n) is 3.58. The predicted octanol–water partition coefficient (Wildman–Crippen LogP) is 2.92. The van der Waals surface area contributed by atoms with Crippen LogP contribution in [0.25, 0.3) is 10.9 Å². The maximum absolute atomic E-state index is 10.6. The lowest BCUT2D eigenvalue weighted by molar-refractivity contribution is -0.135. The van der Waals surface area contributed by atoms with E-state index in [1.54, 1.807) is 0 Å². The minimum atomic E-state index is -0.864. The molecule has 0 bridgehead atoms. The van der Waals surface area contributed by atoms with Crippen molar-refractivity contribution in [2.75, 3.05) is 6.54 Å². The first kappa shape index (κ1) is 15.1. The van der Waals surface area contributed by atoms with Crippen molar-refractivity contribution in [1.29, 1.82) is 0 Å². The molecular weight excluding hydrogens is 292 g/mol. The van der Waals surface area contributed by atoms with Crippen LogP contribution in [0.15, 0.2) is 54.7 Å². The van der Waals surface area contributed by atoms with E-state index in [9.17, 15) is 4.79 Å². The van der Waals surface area contributed by atoms with Crippen LogP contribution in [0.1, 0.15) is 11.1 Å². The maximum Gasteiger partial charge on any atom is 0.317 e. The van der Waals surface area contributed by atoms with Crippen LogP contribution in [0, 0.1) is 0 Å². The molecule has 5 nitrogen and oxygen atoms in total. The van der Waals surface area contributed by atoms with Gasteiger partial charge in [-0.15, -0.1) is 0 Å². The highest BCUT2D eigenvalue weighted by molar-refractivity contribution is 5.84. The fourth-order valence-corrected chi connectivity index (χ4v) is 2.44. The van der Waals surface area contributed by atoms with Crippen molar-refractivity contribution >= 4 is 16.9 Å². The Bertz CT molecular complexity index is 796. The van der Waals surface area contributed by atoms with Crippen LogP contribution >= 0.6 is 0 Å². The van der Waals surface area contributed by atoms with Gasteiger partial charge in [-0.05, 0) is 29.3 Å². The third kappa shape index (κ3) is 3.90. The molecule has 0 saturated carbocycles. The molecule has 1 aromatic heterocycles. The molecule has 0 aliphatic rings. The number of ether oxygens (including phenoxy) is 1. The van der Waals surface area contributed by atoms with E-state index in [1.165, 1.54) is 0 Å². The average Bonchev–Trinajstić information content (AvgIpc) is 2.96. The number of hydrogen-bond acceptors (Lipinski definition) is 3. The van der Waals surface area contributed by atoms with Crippen LogP contribution in [0.2, 0.25) is 0 Å². The van der Waals surface area contributed by atoms with E-state index in [1.807, 2.05) is 54.7 Å². The summed E-state index contributed by atoms with van der Waals surface area (Å²) in [7, 11) is 0. The Hall–Kier alpha value is -2.79. The van der Waals surface area contributed by atoms with Crippen LogP contribution in [-0.2, 0) is 17.9 Å². The number of H-pyrrole nitrogens is 1. The van der Waals surface area contributed by atoms with E-state index in [-0.39, 0.29) is 6.54 Å². The summed E-state index contributed by atoms with van der Waals surface area (Å²) in [5.41, 5.74) is 3.14. The van der Waals surface area contributed by atoms with Crippen LogP contribution < -0.4 is 10.1 Å². The molecule has 0 aliphatic heterocycles. The van der Waals surface area contributed by atoms with Gasteiger partial charge in [-0.25, -0.2) is 0 Å². The van der Waals surface area contributed by atoms with Gasteiger partial charge in [0.25, 0.3) is 0 Å². The van der Waals surface area contributed by atoms with E-state index < -0.39 is 5.97 Å². The second kappa shape index (κ2) is 6.98. The van der Waals surface area contributed by atoms with Gasteiger partial charge >= 0.3 is 5.97 Å². The van der Waals surface area contributed by atoms with Gasteiger partial charge in [0.2, 0.25) is 0 Å². The predicted molar refractivity (Wildman–Crippen MR) is 88.4 cm³/mol. The lowest BCUT2D eigenvalue weighted by Crippen LogP contribution is -2.21. The number of aliphatic carboxylic acids is 1. The number of carboxylic acids is 1. The smallest absolute Gasteiger partial charge is 0.317 e. The highest BCUT2D eigenvalue weighted by atomic mass is 16.5. The first-order valence-corrected chi connectivity index (χ1v) is 7.41. The largest absolute Gasteiger partial charge is 0.489 e. The topological polar surface area (TPSA) is 74.4 Å². The van der Waals surface area contributed by atoms with Gasteiger partial charge in [0.05, 0.1) is 6.54 Å². The SMILES string of the molecule is O=C(O)CNCc1c[nH]c2ccc(OCc3ccccc3)cc12. The van der Waals surface area contributed by atoms with E-state index in [0.29, 0.717) is 13.2 Å². The Kier molecular flexibility index (Phi) is 4.59. The number of carboxylic acid groups (broad SMARTS) is 1. The molecule has 23 heavy (non-hydrogen) atoms. The van der Waals surface area contributed by atoms with E-state index in [4.69, 9.17) is 9.84 Å². The molecule has 0 aliphatic carbocycles. The molecule has 2 aromatic carbocycles. The number of fused-ring (bicyclic) bond motifs is 1. The molecule has 0 atom stereocenters. The summed E-state index contributed by atoms with van der Waals surface area (Å²) in [5, 5.41) is 12.6. The van der Waals surface area contributed by atoms with Gasteiger partial charge in [0.15, 0.2) is 0 Å². The second-order valence-electron chi connectivity index (χ2n) is 5.29. The second-order valence-corrected chi connectivity index (χ2v) is 5.29. The number of aromatic nitrogens is 1. The van der Waals surface area contributed by atoms with Crippen molar-refractivity contribution < 1.29 is 14.6 Å². The summed E-state index contributed by atoms with van der Waals surface area (Å²) in [6, 6.07) is 15.9. The highest BCUT2D eigenvalue weighted by Crippen LogP contribution is 2.24. The number of benzene rings is 2. The summed E-state index contributed by atoms with van der Waals surface area (Å²) < 4.78 is 5.84. The third-order valence-corrected chi connectivity index (χ3v) is 3.58. The zero-order valence-electron chi connectivity index (χ0n) is 12.6. The minimum Gasteiger partial charge on any atom is -0.489 e. The van der Waals surface area contributed by atoms with Gasteiger partial charge < -0.3 is 20.1 Å². The molecular formula is C18H18N2O3. The van der Waals surface area contributed by atoms with Crippen LogP contribution in [0.5, 0.6) is 5.75 Å². The number of hydrogen-bond donors (Lipinski definition) is 3. The molecule has 118 valence electrons. The van der Waals surface area contributed by atoms with E-state index >= 15 is 0 Å². The Balaban J connectivity index is 1.71. The first-order valence-electron chi connectivity index (χ1n) is 7.41. The molecule has 1 heterocycles.